The molecule has 0 bridgehead atoms. The maximum absolute atomic E-state index is 13.5. The summed E-state index contributed by atoms with van der Waals surface area (Å²) in [5, 5.41) is 3.51. The summed E-state index contributed by atoms with van der Waals surface area (Å²) >= 11 is 0. The average Bonchev–Trinajstić information content (AvgIpc) is 2.44. The number of nitrogens with one attached hydrogen (secondary N) is 1. The Morgan fingerprint density at radius 1 is 1.42 bits per heavy atom. The van der Waals surface area contributed by atoms with Gasteiger partial charge in [-0.05, 0) is 61.6 Å². The van der Waals surface area contributed by atoms with Gasteiger partial charge in [-0.15, -0.1) is 0 Å². The smallest absolute Gasteiger partial charge is 0.123 e. The summed E-state index contributed by atoms with van der Waals surface area (Å²) < 4.78 is 19.0. The summed E-state index contributed by atoms with van der Waals surface area (Å²) in [5.41, 5.74) is 3.35. The summed E-state index contributed by atoms with van der Waals surface area (Å²) in [7, 11) is 0. The van der Waals surface area contributed by atoms with E-state index in [0.29, 0.717) is 0 Å². The first-order valence-electron chi connectivity index (χ1n) is 7.02. The molecule has 0 saturated heterocycles. The Hall–Kier alpha value is -1.35. The maximum Gasteiger partial charge on any atom is 0.123 e. The van der Waals surface area contributed by atoms with Crippen LogP contribution < -0.4 is 5.32 Å². The molecule has 0 aliphatic carbocycles. The van der Waals surface area contributed by atoms with Gasteiger partial charge in [-0.25, -0.2) is 4.39 Å². The third-order valence-electron chi connectivity index (χ3n) is 3.48. The van der Waals surface area contributed by atoms with Gasteiger partial charge in [0.2, 0.25) is 0 Å². The van der Waals surface area contributed by atoms with Crippen LogP contribution >= 0.6 is 0 Å². The zero-order chi connectivity index (χ0) is 13.7. The fourth-order valence-electron chi connectivity index (χ4n) is 2.45. The maximum atomic E-state index is 13.5. The summed E-state index contributed by atoms with van der Waals surface area (Å²) in [4.78, 5) is 0. The molecule has 19 heavy (non-hydrogen) atoms. The predicted octanol–water partition coefficient (Wildman–Crippen LogP) is 3.87. The van der Waals surface area contributed by atoms with Gasteiger partial charge in [0.1, 0.15) is 5.82 Å². The first-order valence-corrected chi connectivity index (χ1v) is 7.02. The molecule has 1 unspecified atom stereocenters. The Morgan fingerprint density at radius 2 is 2.26 bits per heavy atom. The highest BCUT2D eigenvalue weighted by Crippen LogP contribution is 2.30. The van der Waals surface area contributed by atoms with E-state index in [1.807, 2.05) is 19.3 Å². The van der Waals surface area contributed by atoms with Crippen LogP contribution in [0.1, 0.15) is 43.4 Å². The van der Waals surface area contributed by atoms with Crippen molar-refractivity contribution in [2.24, 2.45) is 0 Å². The molecule has 1 aromatic rings. The SMILES string of the molecule is CCCNC(C1=COCCC1)c1cc(F)ccc1C. The number of hydrogen-bond donors (Lipinski definition) is 1. The number of ether oxygens (including phenoxy) is 1. The van der Waals surface area contributed by atoms with Gasteiger partial charge in [0.25, 0.3) is 0 Å². The highest BCUT2D eigenvalue weighted by Gasteiger charge is 2.20. The molecule has 0 aromatic heterocycles. The third kappa shape index (κ3) is 3.57. The first-order chi connectivity index (χ1) is 9.22. The lowest BCUT2D eigenvalue weighted by atomic mass is 9.92. The van der Waals surface area contributed by atoms with E-state index in [4.69, 9.17) is 4.74 Å². The molecule has 0 saturated carbocycles. The topological polar surface area (TPSA) is 21.3 Å². The molecule has 1 aliphatic heterocycles. The van der Waals surface area contributed by atoms with Crippen LogP contribution in [0.5, 0.6) is 0 Å². The predicted molar refractivity (Wildman–Crippen MR) is 75.4 cm³/mol. The van der Waals surface area contributed by atoms with Crippen LogP contribution in [-0.4, -0.2) is 13.2 Å². The molecule has 1 N–H and O–H groups in total. The lowest BCUT2D eigenvalue weighted by Crippen LogP contribution is -2.26. The van der Waals surface area contributed by atoms with Gasteiger partial charge >= 0.3 is 0 Å². The minimum absolute atomic E-state index is 0.0657. The molecular weight excluding hydrogens is 241 g/mol. The normalized spacial score (nSPS) is 16.7. The zero-order valence-electron chi connectivity index (χ0n) is 11.7. The highest BCUT2D eigenvalue weighted by atomic mass is 19.1. The minimum atomic E-state index is -0.179. The summed E-state index contributed by atoms with van der Waals surface area (Å²) in [6.07, 6.45) is 4.95. The molecule has 0 spiro atoms. The quantitative estimate of drug-likeness (QED) is 0.870. The zero-order valence-corrected chi connectivity index (χ0v) is 11.7. The number of halogens is 1. The van der Waals surface area contributed by atoms with Crippen molar-refractivity contribution < 1.29 is 9.13 Å². The van der Waals surface area contributed by atoms with Gasteiger partial charge in [0.15, 0.2) is 0 Å². The molecular formula is C16H22FNO. The lowest BCUT2D eigenvalue weighted by molar-refractivity contribution is 0.219. The molecule has 1 atom stereocenters. The van der Waals surface area contributed by atoms with Crippen molar-refractivity contribution >= 4 is 0 Å². The van der Waals surface area contributed by atoms with E-state index in [-0.39, 0.29) is 11.9 Å². The molecule has 0 fully saturated rings. The number of aryl methyl sites for hydroxylation is 1. The Bertz CT molecular complexity index is 456. The highest BCUT2D eigenvalue weighted by molar-refractivity contribution is 5.35. The Labute approximate surface area is 114 Å². The summed E-state index contributed by atoms with van der Waals surface area (Å²) in [6, 6.07) is 5.06. The van der Waals surface area contributed by atoms with Crippen LogP contribution in [0.2, 0.25) is 0 Å². The molecule has 104 valence electrons. The van der Waals surface area contributed by atoms with Crippen LogP contribution in [0.25, 0.3) is 0 Å². The summed E-state index contributed by atoms with van der Waals surface area (Å²) in [5.74, 6) is -0.179. The van der Waals surface area contributed by atoms with E-state index in [0.717, 1.165) is 43.5 Å². The monoisotopic (exact) mass is 263 g/mol. The first kappa shape index (κ1) is 14.1. The van der Waals surface area contributed by atoms with E-state index in [1.54, 1.807) is 6.07 Å². The van der Waals surface area contributed by atoms with Crippen LogP contribution in [-0.2, 0) is 4.74 Å². The Morgan fingerprint density at radius 3 is 2.95 bits per heavy atom. The Balaban J connectivity index is 2.30. The Kier molecular flexibility index (Phi) is 4.97. The van der Waals surface area contributed by atoms with Gasteiger partial charge in [-0.1, -0.05) is 13.0 Å². The van der Waals surface area contributed by atoms with Gasteiger partial charge in [-0.3, -0.25) is 0 Å². The van der Waals surface area contributed by atoms with Gasteiger partial charge in [0, 0.05) is 0 Å². The fraction of sp³-hybridized carbons (Fsp3) is 0.500. The van der Waals surface area contributed by atoms with Crippen molar-refractivity contribution in [2.75, 3.05) is 13.2 Å². The van der Waals surface area contributed by atoms with Gasteiger partial charge in [-0.2, -0.15) is 0 Å². The van der Waals surface area contributed by atoms with E-state index >= 15 is 0 Å². The molecule has 1 aromatic carbocycles. The van der Waals surface area contributed by atoms with Crippen molar-refractivity contribution in [1.82, 2.24) is 5.32 Å². The molecule has 0 amide bonds. The van der Waals surface area contributed by atoms with E-state index in [9.17, 15) is 4.39 Å². The number of hydrogen-bond acceptors (Lipinski definition) is 2. The minimum Gasteiger partial charge on any atom is -0.501 e. The van der Waals surface area contributed by atoms with Gasteiger partial charge in [0.05, 0.1) is 18.9 Å². The molecule has 1 heterocycles. The average molecular weight is 263 g/mol. The van der Waals surface area contributed by atoms with Crippen LogP contribution in [0.3, 0.4) is 0 Å². The fourth-order valence-corrected chi connectivity index (χ4v) is 2.45. The van der Waals surface area contributed by atoms with E-state index in [1.165, 1.54) is 11.6 Å². The summed E-state index contributed by atoms with van der Waals surface area (Å²) in [6.45, 7) is 5.86. The van der Waals surface area contributed by atoms with Crippen molar-refractivity contribution in [1.29, 1.82) is 0 Å². The van der Waals surface area contributed by atoms with E-state index < -0.39 is 0 Å². The molecule has 2 nitrogen and oxygen atoms in total. The second-order valence-electron chi connectivity index (χ2n) is 5.06. The lowest BCUT2D eigenvalue weighted by Gasteiger charge is -2.26. The number of benzene rings is 1. The van der Waals surface area contributed by atoms with Crippen LogP contribution in [0.4, 0.5) is 4.39 Å². The van der Waals surface area contributed by atoms with Crippen LogP contribution in [0, 0.1) is 12.7 Å². The molecule has 1 aliphatic rings. The molecule has 2 rings (SSSR count). The second-order valence-corrected chi connectivity index (χ2v) is 5.06. The largest absolute Gasteiger partial charge is 0.501 e. The standard InChI is InChI=1S/C16H22FNO/c1-3-8-18-16(13-5-4-9-19-11-13)15-10-14(17)7-6-12(15)2/h6-7,10-11,16,18H,3-5,8-9H2,1-2H3. The molecule has 3 heteroatoms. The number of rotatable bonds is 5. The second kappa shape index (κ2) is 6.71. The van der Waals surface area contributed by atoms with Gasteiger partial charge < -0.3 is 10.1 Å². The van der Waals surface area contributed by atoms with Crippen molar-refractivity contribution in [2.45, 2.75) is 39.2 Å². The van der Waals surface area contributed by atoms with Crippen molar-refractivity contribution in [3.8, 4) is 0 Å². The van der Waals surface area contributed by atoms with E-state index in [2.05, 4.69) is 12.2 Å². The third-order valence-corrected chi connectivity index (χ3v) is 3.48. The van der Waals surface area contributed by atoms with Crippen molar-refractivity contribution in [3.63, 3.8) is 0 Å². The molecule has 0 radical (unpaired) electrons. The van der Waals surface area contributed by atoms with Crippen molar-refractivity contribution in [3.05, 3.63) is 47.0 Å². The van der Waals surface area contributed by atoms with Crippen LogP contribution in [0.15, 0.2) is 30.0 Å².